The zero-order chi connectivity index (χ0) is 28.1. The lowest BCUT2D eigenvalue weighted by atomic mass is 9.91. The molecular weight excluding hydrogens is 476 g/mol. The Hall–Kier alpha value is -2.61. The number of anilines is 1. The van der Waals surface area contributed by atoms with Crippen molar-refractivity contribution in [1.29, 1.82) is 0 Å². The number of carboxylic acid groups (broad SMARTS) is 1. The fraction of sp³-hybridized carbons (Fsp3) is 0.571. The summed E-state index contributed by atoms with van der Waals surface area (Å²) in [4.78, 5) is 24.9. The van der Waals surface area contributed by atoms with Crippen molar-refractivity contribution in [3.05, 3.63) is 36.4 Å². The molecule has 0 saturated carbocycles. The summed E-state index contributed by atoms with van der Waals surface area (Å²) in [6.45, 7) is 14.9. The third-order valence-electron chi connectivity index (χ3n) is 5.47. The van der Waals surface area contributed by atoms with Crippen molar-refractivity contribution >= 4 is 38.2 Å². The van der Waals surface area contributed by atoms with Gasteiger partial charge in [-0.25, -0.2) is 13.2 Å². The van der Waals surface area contributed by atoms with Crippen molar-refractivity contribution in [2.24, 2.45) is 11.3 Å². The smallest absolute Gasteiger partial charge is 0.326 e. The molecular formula is C28H44N2O5S. The molecule has 8 heteroatoms. The maximum atomic E-state index is 12.7. The molecule has 7 nitrogen and oxygen atoms in total. The molecule has 0 spiro atoms. The normalized spacial score (nSPS) is 13.1. The van der Waals surface area contributed by atoms with Gasteiger partial charge in [0.2, 0.25) is 5.91 Å². The Morgan fingerprint density at radius 3 is 1.92 bits per heavy atom. The zero-order valence-electron chi connectivity index (χ0n) is 23.5. The molecule has 1 amide bonds. The average Bonchev–Trinajstić information content (AvgIpc) is 2.70. The summed E-state index contributed by atoms with van der Waals surface area (Å²) in [5.41, 5.74) is 0.902. The number of carbonyl (C=O) groups excluding carboxylic acids is 1. The standard InChI is InChI=1S/C16H21NO2S.C12H23NO3/c1-16(2,3)20(18,19)15-11-7-8-12-13(15)9-6-10-14(12)17(4)5;1-8(2)6-9(11(15)16)13-10(14)7-12(3,4)5/h6-11H,1-5H3;8-9H,6-7H2,1-5H3,(H,13,14)(H,15,16). The van der Waals surface area contributed by atoms with Gasteiger partial charge >= 0.3 is 5.97 Å². The van der Waals surface area contributed by atoms with E-state index in [-0.39, 0.29) is 17.2 Å². The predicted octanol–water partition coefficient (Wildman–Crippen LogP) is 5.52. The Bertz CT molecular complexity index is 1160. The van der Waals surface area contributed by atoms with E-state index in [1.165, 1.54) is 0 Å². The van der Waals surface area contributed by atoms with E-state index in [1.807, 2.05) is 83.9 Å². The van der Waals surface area contributed by atoms with Crippen molar-refractivity contribution in [2.75, 3.05) is 19.0 Å². The number of amides is 1. The van der Waals surface area contributed by atoms with Gasteiger partial charge in [0.05, 0.1) is 9.64 Å². The van der Waals surface area contributed by atoms with Crippen LogP contribution in [0, 0.1) is 11.3 Å². The Balaban J connectivity index is 0.000000371. The largest absolute Gasteiger partial charge is 0.480 e. The second kappa shape index (κ2) is 12.1. The van der Waals surface area contributed by atoms with Crippen LogP contribution in [0.2, 0.25) is 0 Å². The van der Waals surface area contributed by atoms with Gasteiger partial charge in [-0.2, -0.15) is 0 Å². The SMILES string of the molecule is CC(C)CC(NC(=O)CC(C)(C)C)C(=O)O.CN(C)c1cccc2c(S(=O)(=O)C(C)(C)C)cccc12. The first-order valence-corrected chi connectivity index (χ1v) is 13.7. The molecule has 0 bridgehead atoms. The van der Waals surface area contributed by atoms with Crippen LogP contribution in [0.4, 0.5) is 5.69 Å². The van der Waals surface area contributed by atoms with Crippen LogP contribution >= 0.6 is 0 Å². The van der Waals surface area contributed by atoms with Crippen molar-refractivity contribution < 1.29 is 23.1 Å². The van der Waals surface area contributed by atoms with Crippen LogP contribution in [0.3, 0.4) is 0 Å². The molecule has 0 aliphatic rings. The van der Waals surface area contributed by atoms with Gasteiger partial charge in [0.1, 0.15) is 6.04 Å². The molecule has 2 aromatic carbocycles. The molecule has 2 rings (SSSR count). The fourth-order valence-corrected chi connectivity index (χ4v) is 5.02. The van der Waals surface area contributed by atoms with Crippen LogP contribution in [0.25, 0.3) is 10.8 Å². The molecule has 0 aromatic heterocycles. The lowest BCUT2D eigenvalue weighted by molar-refractivity contribution is -0.142. The number of rotatable bonds is 7. The second-order valence-corrected chi connectivity index (χ2v) is 14.6. The van der Waals surface area contributed by atoms with Gasteiger partial charge in [0.15, 0.2) is 9.84 Å². The molecule has 0 aliphatic heterocycles. The lowest BCUT2D eigenvalue weighted by Gasteiger charge is -2.22. The minimum atomic E-state index is -3.36. The van der Waals surface area contributed by atoms with Crippen molar-refractivity contribution in [1.82, 2.24) is 5.32 Å². The minimum Gasteiger partial charge on any atom is -0.480 e. The fourth-order valence-electron chi connectivity index (χ4n) is 3.64. The van der Waals surface area contributed by atoms with E-state index in [0.29, 0.717) is 17.7 Å². The summed E-state index contributed by atoms with van der Waals surface area (Å²) in [7, 11) is 0.552. The van der Waals surface area contributed by atoms with E-state index < -0.39 is 26.6 Å². The zero-order valence-corrected chi connectivity index (χ0v) is 24.3. The van der Waals surface area contributed by atoms with Gasteiger partial charge in [-0.1, -0.05) is 58.9 Å². The van der Waals surface area contributed by atoms with Crippen molar-refractivity contribution in [3.63, 3.8) is 0 Å². The maximum absolute atomic E-state index is 12.7. The summed E-state index contributed by atoms with van der Waals surface area (Å²) in [6, 6.07) is 10.5. The molecule has 0 fully saturated rings. The molecule has 0 heterocycles. The molecule has 0 saturated heterocycles. The Labute approximate surface area is 217 Å². The number of hydrogen-bond acceptors (Lipinski definition) is 5. The first-order chi connectivity index (χ1) is 16.3. The predicted molar refractivity (Wildman–Crippen MR) is 148 cm³/mol. The summed E-state index contributed by atoms with van der Waals surface area (Å²) in [6.07, 6.45) is 0.806. The maximum Gasteiger partial charge on any atom is 0.326 e. The number of benzene rings is 2. The van der Waals surface area contributed by atoms with Gasteiger partial charge in [0.25, 0.3) is 0 Å². The van der Waals surface area contributed by atoms with E-state index in [4.69, 9.17) is 5.11 Å². The number of carbonyl (C=O) groups is 2. The number of hydrogen-bond donors (Lipinski definition) is 2. The van der Waals surface area contributed by atoms with Gasteiger partial charge in [-0.15, -0.1) is 0 Å². The third kappa shape index (κ3) is 8.80. The second-order valence-electron chi connectivity index (χ2n) is 12.0. The highest BCUT2D eigenvalue weighted by Gasteiger charge is 2.32. The molecule has 0 radical (unpaired) electrons. The summed E-state index contributed by atoms with van der Waals surface area (Å²) < 4.78 is 24.7. The quantitative estimate of drug-likeness (QED) is 0.498. The van der Waals surface area contributed by atoms with Crippen LogP contribution in [-0.2, 0) is 19.4 Å². The van der Waals surface area contributed by atoms with Gasteiger partial charge in [-0.05, 0) is 50.7 Å². The first-order valence-electron chi connectivity index (χ1n) is 12.2. The summed E-state index contributed by atoms with van der Waals surface area (Å²) in [5, 5.41) is 13.3. The topological polar surface area (TPSA) is 104 Å². The third-order valence-corrected chi connectivity index (χ3v) is 8.02. The van der Waals surface area contributed by atoms with Crippen molar-refractivity contribution in [3.8, 4) is 0 Å². The van der Waals surface area contributed by atoms with E-state index >= 15 is 0 Å². The summed E-state index contributed by atoms with van der Waals surface area (Å²) in [5.74, 6) is -0.910. The molecule has 36 heavy (non-hydrogen) atoms. The van der Waals surface area contributed by atoms with Crippen LogP contribution in [0.1, 0.15) is 68.2 Å². The molecule has 202 valence electrons. The monoisotopic (exact) mass is 520 g/mol. The van der Waals surface area contributed by atoms with E-state index in [0.717, 1.165) is 16.5 Å². The number of aliphatic carboxylic acids is 1. The van der Waals surface area contributed by atoms with Gasteiger partial charge in [0, 0.05) is 37.0 Å². The van der Waals surface area contributed by atoms with Gasteiger partial charge in [-0.3, -0.25) is 4.79 Å². The van der Waals surface area contributed by atoms with Crippen LogP contribution in [0.5, 0.6) is 0 Å². The lowest BCUT2D eigenvalue weighted by Crippen LogP contribution is -2.42. The number of fused-ring (bicyclic) bond motifs is 1. The van der Waals surface area contributed by atoms with Crippen LogP contribution in [0.15, 0.2) is 41.3 Å². The van der Waals surface area contributed by atoms with E-state index in [1.54, 1.807) is 26.8 Å². The van der Waals surface area contributed by atoms with E-state index in [2.05, 4.69) is 5.32 Å². The summed E-state index contributed by atoms with van der Waals surface area (Å²) >= 11 is 0. The average molecular weight is 521 g/mol. The highest BCUT2D eigenvalue weighted by atomic mass is 32.2. The number of nitrogens with zero attached hydrogens (tertiary/aromatic N) is 1. The highest BCUT2D eigenvalue weighted by Crippen LogP contribution is 2.34. The molecule has 2 N–H and O–H groups in total. The van der Waals surface area contributed by atoms with Crippen molar-refractivity contribution in [2.45, 2.75) is 83.9 Å². The molecule has 2 aromatic rings. The Morgan fingerprint density at radius 1 is 0.944 bits per heavy atom. The molecule has 0 aliphatic carbocycles. The van der Waals surface area contributed by atoms with Crippen LogP contribution < -0.4 is 10.2 Å². The van der Waals surface area contributed by atoms with Crippen LogP contribution in [-0.4, -0.2) is 50.3 Å². The minimum absolute atomic E-state index is 0.120. The Kier molecular flexibility index (Phi) is 10.5. The number of carboxylic acids is 1. The van der Waals surface area contributed by atoms with E-state index in [9.17, 15) is 18.0 Å². The first kappa shape index (κ1) is 31.4. The highest BCUT2D eigenvalue weighted by molar-refractivity contribution is 7.93. The molecule has 1 atom stereocenters. The molecule has 1 unspecified atom stereocenters. The number of sulfone groups is 1. The Morgan fingerprint density at radius 2 is 1.47 bits per heavy atom. The number of nitrogens with one attached hydrogen (secondary N) is 1. The van der Waals surface area contributed by atoms with Gasteiger partial charge < -0.3 is 15.3 Å².